The van der Waals surface area contributed by atoms with Gasteiger partial charge in [0.1, 0.15) is 0 Å². The Labute approximate surface area is 157 Å². The highest BCUT2D eigenvalue weighted by molar-refractivity contribution is 7.92. The van der Waals surface area contributed by atoms with E-state index >= 15 is 0 Å². The second-order valence-corrected chi connectivity index (χ2v) is 8.61. The molecule has 0 spiro atoms. The molecule has 1 unspecified atom stereocenters. The third kappa shape index (κ3) is 4.01. The second-order valence-electron chi connectivity index (χ2n) is 6.44. The summed E-state index contributed by atoms with van der Waals surface area (Å²) in [6, 6.07) is 14.6. The van der Waals surface area contributed by atoms with Crippen molar-refractivity contribution in [1.82, 2.24) is 5.48 Å². The molecule has 2 atom stereocenters. The molecule has 3 N–H and O–H groups in total. The quantitative estimate of drug-likeness (QED) is 0.538. The Balaban J connectivity index is 1.76. The molecular weight excluding hydrogens is 368 g/mol. The van der Waals surface area contributed by atoms with Gasteiger partial charge in [-0.25, -0.2) is 13.9 Å². The van der Waals surface area contributed by atoms with Crippen molar-refractivity contribution in [2.24, 2.45) is 5.92 Å². The van der Waals surface area contributed by atoms with Crippen LogP contribution in [0.2, 0.25) is 0 Å². The third-order valence-corrected chi connectivity index (χ3v) is 7.07. The lowest BCUT2D eigenvalue weighted by atomic mass is 10.1. The van der Waals surface area contributed by atoms with Crippen LogP contribution in [0.3, 0.4) is 0 Å². The highest BCUT2D eigenvalue weighted by Gasteiger charge is 2.42. The number of nitrogens with one attached hydrogen (secondary N) is 2. The van der Waals surface area contributed by atoms with E-state index in [1.165, 1.54) is 24.3 Å². The number of carbonyl (C=O) groups excluding carboxylic acids is 2. The van der Waals surface area contributed by atoms with Gasteiger partial charge in [0.25, 0.3) is 5.91 Å². The molecule has 2 aromatic carbocycles. The Hall–Kier alpha value is -2.71. The Kier molecular flexibility index (Phi) is 5.57. The lowest BCUT2D eigenvalue weighted by molar-refractivity contribution is -0.133. The van der Waals surface area contributed by atoms with E-state index in [1.54, 1.807) is 29.7 Å². The van der Waals surface area contributed by atoms with Crippen molar-refractivity contribution in [3.8, 4) is 0 Å². The minimum absolute atomic E-state index is 0.0860. The number of benzene rings is 2. The fourth-order valence-corrected chi connectivity index (χ4v) is 5.41. The van der Waals surface area contributed by atoms with E-state index in [-0.39, 0.29) is 10.8 Å². The first-order valence-electron chi connectivity index (χ1n) is 8.58. The minimum atomic E-state index is -3.73. The van der Waals surface area contributed by atoms with Crippen LogP contribution in [0.4, 0.5) is 5.69 Å². The summed E-state index contributed by atoms with van der Waals surface area (Å²) in [4.78, 5) is 24.0. The number of amides is 2. The number of sulfone groups is 1. The van der Waals surface area contributed by atoms with Crippen LogP contribution in [0.15, 0.2) is 59.5 Å². The van der Waals surface area contributed by atoms with Crippen molar-refractivity contribution < 1.29 is 23.2 Å². The summed E-state index contributed by atoms with van der Waals surface area (Å²) < 4.78 is 25.7. The monoisotopic (exact) mass is 388 g/mol. The number of hydroxylamine groups is 1. The number of carbonyl (C=O) groups is 2. The van der Waals surface area contributed by atoms with E-state index in [0.29, 0.717) is 30.5 Å². The van der Waals surface area contributed by atoms with Gasteiger partial charge in [0.15, 0.2) is 9.84 Å². The average molecular weight is 388 g/mol. The average Bonchev–Trinajstić information content (AvgIpc) is 3.19. The molecule has 27 heavy (non-hydrogen) atoms. The molecule has 3 rings (SSSR count). The maximum atomic E-state index is 12.9. The lowest BCUT2D eigenvalue weighted by Gasteiger charge is -2.18. The summed E-state index contributed by atoms with van der Waals surface area (Å²) in [5.74, 6) is -1.73. The molecule has 142 valence electrons. The van der Waals surface area contributed by atoms with Crippen molar-refractivity contribution in [3.05, 3.63) is 60.2 Å². The molecule has 0 aromatic heterocycles. The van der Waals surface area contributed by atoms with Crippen molar-refractivity contribution in [2.45, 2.75) is 29.4 Å². The van der Waals surface area contributed by atoms with E-state index in [0.717, 1.165) is 0 Å². The van der Waals surface area contributed by atoms with Gasteiger partial charge < -0.3 is 5.32 Å². The van der Waals surface area contributed by atoms with Crippen LogP contribution < -0.4 is 10.8 Å². The Bertz CT molecular complexity index is 926. The summed E-state index contributed by atoms with van der Waals surface area (Å²) in [6.45, 7) is 0. The van der Waals surface area contributed by atoms with Gasteiger partial charge in [-0.2, -0.15) is 0 Å². The van der Waals surface area contributed by atoms with E-state index in [2.05, 4.69) is 5.32 Å². The summed E-state index contributed by atoms with van der Waals surface area (Å²) in [7, 11) is -3.73. The Morgan fingerprint density at radius 1 is 0.963 bits per heavy atom. The molecule has 0 bridgehead atoms. The van der Waals surface area contributed by atoms with Gasteiger partial charge >= 0.3 is 0 Å². The molecule has 2 aromatic rings. The third-order valence-electron chi connectivity index (χ3n) is 4.77. The van der Waals surface area contributed by atoms with Gasteiger partial charge in [0.05, 0.1) is 16.1 Å². The molecule has 1 fully saturated rings. The Morgan fingerprint density at radius 2 is 1.63 bits per heavy atom. The zero-order valence-corrected chi connectivity index (χ0v) is 15.3. The van der Waals surface area contributed by atoms with E-state index in [1.807, 2.05) is 6.07 Å². The number of hydrogen-bond acceptors (Lipinski definition) is 5. The molecule has 8 heteroatoms. The smallest absolute Gasteiger partial charge is 0.255 e. The van der Waals surface area contributed by atoms with Crippen LogP contribution in [0.5, 0.6) is 0 Å². The highest BCUT2D eigenvalue weighted by atomic mass is 32.2. The van der Waals surface area contributed by atoms with E-state index in [9.17, 15) is 18.0 Å². The molecule has 0 heterocycles. The van der Waals surface area contributed by atoms with Crippen molar-refractivity contribution in [2.75, 3.05) is 5.32 Å². The number of rotatable bonds is 5. The SMILES string of the molecule is O=C(Nc1ccc(S(=O)(=O)C2CCC[C@@H]2C(=O)NO)cc1)c1ccccc1. The summed E-state index contributed by atoms with van der Waals surface area (Å²) in [6.07, 6.45) is 1.39. The van der Waals surface area contributed by atoms with Gasteiger partial charge in [-0.1, -0.05) is 24.6 Å². The lowest BCUT2D eigenvalue weighted by Crippen LogP contribution is -2.36. The van der Waals surface area contributed by atoms with Gasteiger partial charge in [-0.05, 0) is 49.2 Å². The molecule has 1 aliphatic rings. The van der Waals surface area contributed by atoms with E-state index < -0.39 is 26.9 Å². The zero-order valence-electron chi connectivity index (χ0n) is 14.5. The van der Waals surface area contributed by atoms with Crippen molar-refractivity contribution in [3.63, 3.8) is 0 Å². The van der Waals surface area contributed by atoms with Gasteiger partial charge in [-0.15, -0.1) is 0 Å². The van der Waals surface area contributed by atoms with Crippen LogP contribution >= 0.6 is 0 Å². The van der Waals surface area contributed by atoms with Crippen molar-refractivity contribution >= 4 is 27.3 Å². The maximum absolute atomic E-state index is 12.9. The summed E-state index contributed by atoms with van der Waals surface area (Å²) >= 11 is 0. The largest absolute Gasteiger partial charge is 0.322 e. The molecular formula is C19H20N2O5S. The maximum Gasteiger partial charge on any atom is 0.255 e. The van der Waals surface area contributed by atoms with Crippen LogP contribution in [0, 0.1) is 5.92 Å². The first-order chi connectivity index (χ1) is 12.9. The first kappa shape index (κ1) is 19.1. The predicted octanol–water partition coefficient (Wildman–Crippen LogP) is 2.39. The molecule has 0 aliphatic heterocycles. The summed E-state index contributed by atoms with van der Waals surface area (Å²) in [5.41, 5.74) is 2.53. The molecule has 2 amide bonds. The normalized spacial score (nSPS) is 19.4. The van der Waals surface area contributed by atoms with Crippen LogP contribution in [-0.4, -0.2) is 30.7 Å². The van der Waals surface area contributed by atoms with Gasteiger partial charge in [0.2, 0.25) is 5.91 Å². The first-order valence-corrected chi connectivity index (χ1v) is 10.1. The molecule has 0 saturated heterocycles. The van der Waals surface area contributed by atoms with Crippen LogP contribution in [0.1, 0.15) is 29.6 Å². The zero-order chi connectivity index (χ0) is 19.4. The van der Waals surface area contributed by atoms with Crippen molar-refractivity contribution in [1.29, 1.82) is 0 Å². The highest BCUT2D eigenvalue weighted by Crippen LogP contribution is 2.35. The fraction of sp³-hybridized carbons (Fsp3) is 0.263. The fourth-order valence-electron chi connectivity index (χ4n) is 3.38. The standard InChI is InChI=1S/C19H20N2O5S/c22-18(13-5-2-1-3-6-13)20-14-9-11-15(12-10-14)27(25,26)17-8-4-7-16(17)19(23)21-24/h1-3,5-6,9-12,16-17,24H,4,7-8H2,(H,20,22)(H,21,23)/t16-,17?/m0/s1. The van der Waals surface area contributed by atoms with Gasteiger partial charge in [-0.3, -0.25) is 14.8 Å². The van der Waals surface area contributed by atoms with Crippen LogP contribution in [0.25, 0.3) is 0 Å². The predicted molar refractivity (Wildman–Crippen MR) is 99.1 cm³/mol. The van der Waals surface area contributed by atoms with E-state index in [4.69, 9.17) is 5.21 Å². The van der Waals surface area contributed by atoms with Gasteiger partial charge in [0, 0.05) is 11.3 Å². The number of anilines is 1. The molecule has 7 nitrogen and oxygen atoms in total. The molecule has 0 radical (unpaired) electrons. The topological polar surface area (TPSA) is 113 Å². The summed E-state index contributed by atoms with van der Waals surface area (Å²) in [5, 5.41) is 10.7. The molecule has 1 saturated carbocycles. The number of hydrogen-bond donors (Lipinski definition) is 3. The second kappa shape index (κ2) is 7.89. The molecule has 1 aliphatic carbocycles. The Morgan fingerprint density at radius 3 is 2.26 bits per heavy atom. The van der Waals surface area contributed by atoms with Crippen LogP contribution in [-0.2, 0) is 14.6 Å². The minimum Gasteiger partial charge on any atom is -0.322 e.